The van der Waals surface area contributed by atoms with Crippen molar-refractivity contribution in [3.8, 4) is 5.75 Å². The quantitative estimate of drug-likeness (QED) is 0.617. The van der Waals surface area contributed by atoms with Gasteiger partial charge >= 0.3 is 5.97 Å². The Hall–Kier alpha value is -2.03. The lowest BCUT2D eigenvalue weighted by Crippen LogP contribution is -2.01. The number of ether oxygens (including phenoxy) is 1. The average Bonchev–Trinajstić information content (AvgIpc) is 2.34. The highest BCUT2D eigenvalue weighted by molar-refractivity contribution is 5.85. The molecule has 3 nitrogen and oxygen atoms in total. The first-order chi connectivity index (χ1) is 8.52. The molecule has 0 amide bonds. The van der Waals surface area contributed by atoms with Crippen molar-refractivity contribution in [1.29, 1.82) is 0 Å². The molecule has 1 N–H and O–H groups in total. The van der Waals surface area contributed by atoms with E-state index >= 15 is 0 Å². The molecule has 0 spiro atoms. The minimum Gasteiger partial charge on any atom is -0.489 e. The summed E-state index contributed by atoms with van der Waals surface area (Å²) in [6.07, 6.45) is 3.52. The maximum Gasteiger partial charge on any atom is 0.328 e. The van der Waals surface area contributed by atoms with Gasteiger partial charge < -0.3 is 9.84 Å². The molecule has 96 valence electrons. The summed E-state index contributed by atoms with van der Waals surface area (Å²) < 4.78 is 5.63. The largest absolute Gasteiger partial charge is 0.489 e. The summed E-state index contributed by atoms with van der Waals surface area (Å²) in [5.41, 5.74) is 2.83. The van der Waals surface area contributed by atoms with Crippen LogP contribution in [0.1, 0.15) is 24.5 Å². The molecule has 0 heterocycles. The van der Waals surface area contributed by atoms with Gasteiger partial charge in [0.2, 0.25) is 0 Å². The lowest BCUT2D eigenvalue weighted by Gasteiger charge is -2.10. The van der Waals surface area contributed by atoms with E-state index in [1.165, 1.54) is 0 Å². The number of rotatable bonds is 6. The fourth-order valence-corrected chi connectivity index (χ4v) is 1.37. The molecule has 0 bridgehead atoms. The highest BCUT2D eigenvalue weighted by atomic mass is 16.5. The summed E-state index contributed by atoms with van der Waals surface area (Å²) >= 11 is 0. The first-order valence-corrected chi connectivity index (χ1v) is 5.84. The third-order valence-electron chi connectivity index (χ3n) is 2.50. The predicted octanol–water partition coefficient (Wildman–Crippen LogP) is 3.44. The standard InChI is InChI=1S/C15H18O3/c1-4-11(2)10-18-14-7-5-12(3)9-13(14)6-8-15(16)17/h5-9H,2,4,10H2,1,3H3,(H,16,17). The van der Waals surface area contributed by atoms with E-state index in [2.05, 4.69) is 6.58 Å². The number of aryl methyl sites for hydroxylation is 1. The molecule has 0 aromatic heterocycles. The van der Waals surface area contributed by atoms with Crippen LogP contribution in [0.15, 0.2) is 36.4 Å². The van der Waals surface area contributed by atoms with Crippen LogP contribution in [-0.2, 0) is 4.79 Å². The second-order valence-electron chi connectivity index (χ2n) is 4.11. The molecule has 0 unspecified atom stereocenters. The monoisotopic (exact) mass is 246 g/mol. The van der Waals surface area contributed by atoms with Crippen LogP contribution in [0.25, 0.3) is 6.08 Å². The van der Waals surface area contributed by atoms with Crippen LogP contribution in [0.2, 0.25) is 0 Å². The van der Waals surface area contributed by atoms with Gasteiger partial charge in [0.1, 0.15) is 12.4 Å². The molecule has 1 aromatic carbocycles. The maximum atomic E-state index is 10.5. The van der Waals surface area contributed by atoms with Crippen molar-refractivity contribution in [2.24, 2.45) is 0 Å². The fourth-order valence-electron chi connectivity index (χ4n) is 1.37. The van der Waals surface area contributed by atoms with Gasteiger partial charge in [-0.1, -0.05) is 25.1 Å². The smallest absolute Gasteiger partial charge is 0.328 e. The van der Waals surface area contributed by atoms with Crippen LogP contribution in [0, 0.1) is 6.92 Å². The summed E-state index contributed by atoms with van der Waals surface area (Å²) in [5.74, 6) is -0.298. The van der Waals surface area contributed by atoms with Gasteiger partial charge in [0.25, 0.3) is 0 Å². The van der Waals surface area contributed by atoms with E-state index in [4.69, 9.17) is 9.84 Å². The van der Waals surface area contributed by atoms with Crippen molar-refractivity contribution in [2.45, 2.75) is 20.3 Å². The predicted molar refractivity (Wildman–Crippen MR) is 72.8 cm³/mol. The zero-order valence-electron chi connectivity index (χ0n) is 10.8. The van der Waals surface area contributed by atoms with Gasteiger partial charge in [-0.05, 0) is 37.1 Å². The molecule has 0 fully saturated rings. The van der Waals surface area contributed by atoms with E-state index in [0.717, 1.165) is 29.2 Å². The minimum absolute atomic E-state index is 0.452. The van der Waals surface area contributed by atoms with Gasteiger partial charge in [-0.2, -0.15) is 0 Å². The van der Waals surface area contributed by atoms with Crippen molar-refractivity contribution in [3.05, 3.63) is 47.6 Å². The molecular weight excluding hydrogens is 228 g/mol. The Kier molecular flexibility index (Phi) is 5.18. The molecular formula is C15H18O3. The highest BCUT2D eigenvalue weighted by Gasteiger charge is 2.02. The Morgan fingerprint density at radius 1 is 1.50 bits per heavy atom. The Bertz CT molecular complexity index is 473. The zero-order valence-corrected chi connectivity index (χ0v) is 10.8. The van der Waals surface area contributed by atoms with Crippen molar-refractivity contribution in [3.63, 3.8) is 0 Å². The summed E-state index contributed by atoms with van der Waals surface area (Å²) in [6, 6.07) is 5.67. The summed E-state index contributed by atoms with van der Waals surface area (Å²) in [6.45, 7) is 8.30. The molecule has 1 aromatic rings. The number of carbonyl (C=O) groups is 1. The Labute approximate surface area is 107 Å². The van der Waals surface area contributed by atoms with E-state index in [0.29, 0.717) is 12.4 Å². The van der Waals surface area contributed by atoms with Gasteiger partial charge in [-0.25, -0.2) is 4.79 Å². The Morgan fingerprint density at radius 3 is 2.83 bits per heavy atom. The van der Waals surface area contributed by atoms with Crippen molar-refractivity contribution < 1.29 is 14.6 Å². The summed E-state index contributed by atoms with van der Waals surface area (Å²) in [5, 5.41) is 8.65. The van der Waals surface area contributed by atoms with Crippen LogP contribution < -0.4 is 4.74 Å². The van der Waals surface area contributed by atoms with Crippen molar-refractivity contribution in [2.75, 3.05) is 6.61 Å². The third kappa shape index (κ3) is 4.45. The summed E-state index contributed by atoms with van der Waals surface area (Å²) in [7, 11) is 0. The van der Waals surface area contributed by atoms with Gasteiger partial charge in [-0.15, -0.1) is 0 Å². The highest BCUT2D eigenvalue weighted by Crippen LogP contribution is 2.22. The lowest BCUT2D eigenvalue weighted by atomic mass is 10.1. The number of benzene rings is 1. The number of aliphatic carboxylic acids is 1. The lowest BCUT2D eigenvalue weighted by molar-refractivity contribution is -0.131. The second-order valence-corrected chi connectivity index (χ2v) is 4.11. The van der Waals surface area contributed by atoms with Crippen molar-refractivity contribution in [1.82, 2.24) is 0 Å². The molecule has 0 aliphatic heterocycles. The molecule has 0 aliphatic carbocycles. The SMILES string of the molecule is C=C(CC)COc1ccc(C)cc1C=CC(=O)O. The molecule has 0 saturated heterocycles. The van der Waals surface area contributed by atoms with Gasteiger partial charge in [0.05, 0.1) is 0 Å². The van der Waals surface area contributed by atoms with Gasteiger partial charge in [0, 0.05) is 11.6 Å². The van der Waals surface area contributed by atoms with E-state index in [9.17, 15) is 4.79 Å². The second kappa shape index (κ2) is 6.64. The Morgan fingerprint density at radius 2 is 2.22 bits per heavy atom. The first kappa shape index (κ1) is 14.0. The van der Waals surface area contributed by atoms with Gasteiger partial charge in [0.15, 0.2) is 0 Å². The number of hydrogen-bond donors (Lipinski definition) is 1. The van der Waals surface area contributed by atoms with Crippen LogP contribution in [-0.4, -0.2) is 17.7 Å². The normalized spacial score (nSPS) is 10.6. The van der Waals surface area contributed by atoms with Crippen LogP contribution >= 0.6 is 0 Å². The topological polar surface area (TPSA) is 46.5 Å². The van der Waals surface area contributed by atoms with Gasteiger partial charge in [-0.3, -0.25) is 0 Å². The maximum absolute atomic E-state index is 10.5. The molecule has 0 atom stereocenters. The third-order valence-corrected chi connectivity index (χ3v) is 2.50. The number of carboxylic acids is 1. The van der Waals surface area contributed by atoms with Crippen molar-refractivity contribution >= 4 is 12.0 Å². The van der Waals surface area contributed by atoms with Crippen LogP contribution in [0.3, 0.4) is 0 Å². The van der Waals surface area contributed by atoms with Crippen LogP contribution in [0.5, 0.6) is 5.75 Å². The molecule has 1 rings (SSSR count). The first-order valence-electron chi connectivity index (χ1n) is 5.84. The molecule has 0 saturated carbocycles. The number of carboxylic acid groups (broad SMARTS) is 1. The Balaban J connectivity index is 2.89. The molecule has 18 heavy (non-hydrogen) atoms. The average molecular weight is 246 g/mol. The summed E-state index contributed by atoms with van der Waals surface area (Å²) in [4.78, 5) is 10.5. The fraction of sp³-hybridized carbons (Fsp3) is 0.267. The van der Waals surface area contributed by atoms with E-state index in [1.807, 2.05) is 32.0 Å². The molecule has 0 radical (unpaired) electrons. The minimum atomic E-state index is -0.972. The zero-order chi connectivity index (χ0) is 13.5. The van der Waals surface area contributed by atoms with E-state index < -0.39 is 5.97 Å². The number of hydrogen-bond acceptors (Lipinski definition) is 2. The van der Waals surface area contributed by atoms with Crippen LogP contribution in [0.4, 0.5) is 0 Å². The van der Waals surface area contributed by atoms with E-state index in [1.54, 1.807) is 6.08 Å². The molecule has 0 aliphatic rings. The van der Waals surface area contributed by atoms with E-state index in [-0.39, 0.29) is 0 Å². The molecule has 3 heteroatoms.